The van der Waals surface area contributed by atoms with Gasteiger partial charge in [0.25, 0.3) is 0 Å². The summed E-state index contributed by atoms with van der Waals surface area (Å²) in [6.07, 6.45) is 24.5. The van der Waals surface area contributed by atoms with Crippen LogP contribution in [-0.4, -0.2) is 0 Å². The fraction of sp³-hybridized carbons (Fsp3) is 0.793. The Labute approximate surface area is 190 Å². The van der Waals surface area contributed by atoms with E-state index in [1.807, 2.05) is 0 Å². The molecule has 2 aliphatic rings. The molecular formula is C29H46F2. The molecule has 0 saturated heterocycles. The van der Waals surface area contributed by atoms with Crippen LogP contribution in [0, 0.1) is 35.3 Å². The molecule has 0 amide bonds. The maximum Gasteiger partial charge on any atom is 0.159 e. The third kappa shape index (κ3) is 8.50. The second-order valence-corrected chi connectivity index (χ2v) is 10.8. The van der Waals surface area contributed by atoms with Gasteiger partial charge >= 0.3 is 0 Å². The highest BCUT2D eigenvalue weighted by Gasteiger charge is 2.27. The van der Waals surface area contributed by atoms with Crippen LogP contribution in [0.5, 0.6) is 0 Å². The average molecular weight is 433 g/mol. The van der Waals surface area contributed by atoms with Crippen LogP contribution >= 0.6 is 0 Å². The van der Waals surface area contributed by atoms with Crippen molar-refractivity contribution < 1.29 is 8.78 Å². The zero-order valence-corrected chi connectivity index (χ0v) is 20.0. The minimum atomic E-state index is -0.722. The van der Waals surface area contributed by atoms with Gasteiger partial charge in [-0.15, -0.1) is 0 Å². The van der Waals surface area contributed by atoms with Gasteiger partial charge in [0.1, 0.15) is 0 Å². The maximum absolute atomic E-state index is 13.8. The topological polar surface area (TPSA) is 0 Å². The highest BCUT2D eigenvalue weighted by molar-refractivity contribution is 5.18. The Morgan fingerprint density at radius 1 is 0.774 bits per heavy atom. The quantitative estimate of drug-likeness (QED) is 0.288. The Kier molecular flexibility index (Phi) is 10.8. The number of halogens is 2. The van der Waals surface area contributed by atoms with Crippen molar-refractivity contribution in [1.82, 2.24) is 0 Å². The molecule has 0 radical (unpaired) electrons. The van der Waals surface area contributed by atoms with Crippen LogP contribution < -0.4 is 0 Å². The minimum absolute atomic E-state index is 0.640. The van der Waals surface area contributed by atoms with Gasteiger partial charge in [0, 0.05) is 0 Å². The Balaban J connectivity index is 1.44. The SMILES string of the molecule is CCCCCCCC1CCC(CCC(Cc2ccc(F)c(F)c2)C2CCCCC2)CC1. The molecule has 0 heterocycles. The Morgan fingerprint density at radius 3 is 2.13 bits per heavy atom. The minimum Gasteiger partial charge on any atom is -0.204 e. The van der Waals surface area contributed by atoms with E-state index in [1.54, 1.807) is 6.07 Å². The van der Waals surface area contributed by atoms with Crippen LogP contribution in [0.25, 0.3) is 0 Å². The lowest BCUT2D eigenvalue weighted by Gasteiger charge is -2.33. The highest BCUT2D eigenvalue weighted by Crippen LogP contribution is 2.39. The zero-order valence-electron chi connectivity index (χ0n) is 20.0. The first-order valence-electron chi connectivity index (χ1n) is 13.6. The van der Waals surface area contributed by atoms with Crippen LogP contribution in [-0.2, 0) is 6.42 Å². The van der Waals surface area contributed by atoms with Crippen molar-refractivity contribution in [2.24, 2.45) is 23.7 Å². The molecule has 0 spiro atoms. The molecule has 3 rings (SSSR count). The number of hydrogen-bond donors (Lipinski definition) is 0. The fourth-order valence-electron chi connectivity index (χ4n) is 6.37. The van der Waals surface area contributed by atoms with Gasteiger partial charge in [0.2, 0.25) is 0 Å². The van der Waals surface area contributed by atoms with Crippen LogP contribution in [0.15, 0.2) is 18.2 Å². The number of hydrogen-bond acceptors (Lipinski definition) is 0. The van der Waals surface area contributed by atoms with Crippen LogP contribution in [0.2, 0.25) is 0 Å². The standard InChI is InChI=1S/C29H46F2/c1-2-3-4-5-7-10-23-13-15-24(16-14-23)17-19-27(26-11-8-6-9-12-26)21-25-18-20-28(30)29(31)22-25/h18,20,22-24,26-27H,2-17,19,21H2,1H3. The van der Waals surface area contributed by atoms with Gasteiger partial charge in [0.05, 0.1) is 0 Å². The zero-order chi connectivity index (χ0) is 21.9. The van der Waals surface area contributed by atoms with E-state index >= 15 is 0 Å². The molecule has 1 unspecified atom stereocenters. The summed E-state index contributed by atoms with van der Waals surface area (Å²) in [5.74, 6) is 1.89. The van der Waals surface area contributed by atoms with Gasteiger partial charge in [-0.2, -0.15) is 0 Å². The molecule has 0 aliphatic heterocycles. The first-order valence-corrected chi connectivity index (χ1v) is 13.6. The summed E-state index contributed by atoms with van der Waals surface area (Å²) in [6.45, 7) is 2.29. The molecule has 1 aromatic rings. The number of rotatable bonds is 12. The average Bonchev–Trinajstić information content (AvgIpc) is 2.80. The van der Waals surface area contributed by atoms with Crippen molar-refractivity contribution in [2.45, 2.75) is 122 Å². The largest absolute Gasteiger partial charge is 0.204 e. The third-order valence-electron chi connectivity index (χ3n) is 8.43. The molecule has 2 heteroatoms. The normalized spacial score (nSPS) is 23.7. The Morgan fingerprint density at radius 2 is 1.45 bits per heavy atom. The molecular weight excluding hydrogens is 386 g/mol. The van der Waals surface area contributed by atoms with E-state index in [1.165, 1.54) is 121 Å². The highest BCUT2D eigenvalue weighted by atomic mass is 19.2. The summed E-state index contributed by atoms with van der Waals surface area (Å²) in [6, 6.07) is 4.56. The molecule has 31 heavy (non-hydrogen) atoms. The second-order valence-electron chi connectivity index (χ2n) is 10.8. The van der Waals surface area contributed by atoms with Crippen molar-refractivity contribution >= 4 is 0 Å². The Bertz CT molecular complexity index is 611. The molecule has 0 nitrogen and oxygen atoms in total. The van der Waals surface area contributed by atoms with Crippen molar-refractivity contribution in [3.8, 4) is 0 Å². The lowest BCUT2D eigenvalue weighted by atomic mass is 9.72. The number of unbranched alkanes of at least 4 members (excludes halogenated alkanes) is 4. The van der Waals surface area contributed by atoms with Crippen LogP contribution in [0.3, 0.4) is 0 Å². The molecule has 0 N–H and O–H groups in total. The first kappa shape index (κ1) is 24.7. The lowest BCUT2D eigenvalue weighted by Crippen LogP contribution is -2.22. The van der Waals surface area contributed by atoms with Gasteiger partial charge in [-0.25, -0.2) is 8.78 Å². The Hall–Kier alpha value is -0.920. The summed E-state index contributed by atoms with van der Waals surface area (Å²) in [5, 5.41) is 0. The van der Waals surface area contributed by atoms with E-state index < -0.39 is 11.6 Å². The molecule has 2 fully saturated rings. The molecule has 1 aromatic carbocycles. The molecule has 0 bridgehead atoms. The van der Waals surface area contributed by atoms with Crippen LogP contribution in [0.4, 0.5) is 8.78 Å². The van der Waals surface area contributed by atoms with Crippen LogP contribution in [0.1, 0.15) is 122 Å². The lowest BCUT2D eigenvalue weighted by molar-refractivity contribution is 0.196. The summed E-state index contributed by atoms with van der Waals surface area (Å²) in [5.41, 5.74) is 0.987. The second kappa shape index (κ2) is 13.6. The van der Waals surface area contributed by atoms with Crippen molar-refractivity contribution in [3.05, 3.63) is 35.4 Å². The smallest absolute Gasteiger partial charge is 0.159 e. The predicted octanol–water partition coefficient (Wildman–Crippen LogP) is 9.65. The summed E-state index contributed by atoms with van der Waals surface area (Å²) < 4.78 is 27.1. The van der Waals surface area contributed by atoms with E-state index in [9.17, 15) is 8.78 Å². The molecule has 2 aliphatic carbocycles. The van der Waals surface area contributed by atoms with Gasteiger partial charge < -0.3 is 0 Å². The van der Waals surface area contributed by atoms with Gasteiger partial charge in [-0.1, -0.05) is 116 Å². The van der Waals surface area contributed by atoms with Gasteiger partial charge in [-0.05, 0) is 54.2 Å². The van der Waals surface area contributed by atoms with Gasteiger partial charge in [-0.3, -0.25) is 0 Å². The van der Waals surface area contributed by atoms with Gasteiger partial charge in [0.15, 0.2) is 11.6 Å². The molecule has 1 atom stereocenters. The first-order chi connectivity index (χ1) is 15.2. The monoisotopic (exact) mass is 432 g/mol. The predicted molar refractivity (Wildman–Crippen MR) is 128 cm³/mol. The summed E-state index contributed by atoms with van der Waals surface area (Å²) >= 11 is 0. The third-order valence-corrected chi connectivity index (χ3v) is 8.43. The van der Waals surface area contributed by atoms with E-state index in [0.717, 1.165) is 29.7 Å². The fourth-order valence-corrected chi connectivity index (χ4v) is 6.37. The summed E-state index contributed by atoms with van der Waals surface area (Å²) in [4.78, 5) is 0. The summed E-state index contributed by atoms with van der Waals surface area (Å²) in [7, 11) is 0. The van der Waals surface area contributed by atoms with E-state index in [4.69, 9.17) is 0 Å². The van der Waals surface area contributed by atoms with E-state index in [0.29, 0.717) is 5.92 Å². The molecule has 176 valence electrons. The van der Waals surface area contributed by atoms with Crippen molar-refractivity contribution in [3.63, 3.8) is 0 Å². The molecule has 0 aromatic heterocycles. The van der Waals surface area contributed by atoms with E-state index in [2.05, 4.69) is 6.92 Å². The van der Waals surface area contributed by atoms with E-state index in [-0.39, 0.29) is 0 Å². The number of benzene rings is 1. The van der Waals surface area contributed by atoms with Crippen molar-refractivity contribution in [1.29, 1.82) is 0 Å². The molecule has 2 saturated carbocycles. The van der Waals surface area contributed by atoms with Crippen molar-refractivity contribution in [2.75, 3.05) is 0 Å². The maximum atomic E-state index is 13.8.